The van der Waals surface area contributed by atoms with Crippen LogP contribution in [-0.2, 0) is 10.2 Å². The molecular formula is C29H34Cl2N2O4. The van der Waals surface area contributed by atoms with Gasteiger partial charge in [0.15, 0.2) is 5.75 Å². The SMILES string of the molecule is CC(C)(C)OC(=O)NC12CC(COc3ccc(C(C)(C)c4cc(Cl)c(OCCCl)c(C#N)c4)cc3)(C1)C2. The largest absolute Gasteiger partial charge is 0.493 e. The van der Waals surface area contributed by atoms with Gasteiger partial charge in [-0.05, 0) is 75.4 Å². The van der Waals surface area contributed by atoms with E-state index in [1.165, 1.54) is 0 Å². The van der Waals surface area contributed by atoms with Crippen LogP contribution in [0.15, 0.2) is 36.4 Å². The Morgan fingerprint density at radius 2 is 1.70 bits per heavy atom. The number of rotatable bonds is 9. The minimum Gasteiger partial charge on any atom is -0.493 e. The van der Waals surface area contributed by atoms with E-state index in [0.717, 1.165) is 36.1 Å². The monoisotopic (exact) mass is 544 g/mol. The molecule has 0 unspecified atom stereocenters. The molecule has 3 fully saturated rings. The molecule has 3 saturated carbocycles. The van der Waals surface area contributed by atoms with Gasteiger partial charge in [-0.3, -0.25) is 0 Å². The van der Waals surface area contributed by atoms with Crippen molar-refractivity contribution in [2.24, 2.45) is 5.41 Å². The van der Waals surface area contributed by atoms with Gasteiger partial charge in [0.1, 0.15) is 24.0 Å². The molecule has 198 valence electrons. The van der Waals surface area contributed by atoms with Crippen molar-refractivity contribution in [2.75, 3.05) is 19.1 Å². The Bertz CT molecular complexity index is 1190. The molecule has 3 aliphatic carbocycles. The lowest BCUT2D eigenvalue weighted by Crippen LogP contribution is -2.76. The number of alkyl halides is 1. The van der Waals surface area contributed by atoms with E-state index in [1.54, 1.807) is 0 Å². The molecule has 6 nitrogen and oxygen atoms in total. The summed E-state index contributed by atoms with van der Waals surface area (Å²) in [6.45, 7) is 10.7. The molecule has 2 aromatic rings. The molecule has 2 bridgehead atoms. The molecule has 0 aliphatic heterocycles. The standard InChI is InChI=1S/C29H34Cl2N2O4/c1-26(2,3)37-25(34)33-29-15-28(16-29,17-29)18-36-22-8-6-20(7-9-22)27(4,5)21-12-19(14-32)24(23(31)13-21)35-11-10-30/h6-9,12-13H,10-11,15-18H2,1-5H3,(H,33,34). The van der Waals surface area contributed by atoms with Gasteiger partial charge in [-0.1, -0.05) is 37.6 Å². The van der Waals surface area contributed by atoms with E-state index in [9.17, 15) is 10.1 Å². The van der Waals surface area contributed by atoms with Crippen LogP contribution in [0, 0.1) is 16.7 Å². The Morgan fingerprint density at radius 3 is 2.27 bits per heavy atom. The molecular weight excluding hydrogens is 511 g/mol. The highest BCUT2D eigenvalue weighted by atomic mass is 35.5. The maximum Gasteiger partial charge on any atom is 0.408 e. The van der Waals surface area contributed by atoms with Crippen molar-refractivity contribution in [3.05, 3.63) is 58.1 Å². The number of hydrogen-bond acceptors (Lipinski definition) is 5. The minimum absolute atomic E-state index is 0.130. The number of alkyl carbamates (subject to hydrolysis) is 1. The van der Waals surface area contributed by atoms with E-state index >= 15 is 0 Å². The van der Waals surface area contributed by atoms with Crippen LogP contribution >= 0.6 is 23.2 Å². The summed E-state index contributed by atoms with van der Waals surface area (Å²) in [6, 6.07) is 13.9. The molecule has 37 heavy (non-hydrogen) atoms. The number of carbonyl (C=O) groups is 1. The van der Waals surface area contributed by atoms with E-state index in [2.05, 4.69) is 25.2 Å². The highest BCUT2D eigenvalue weighted by Crippen LogP contribution is 2.67. The van der Waals surface area contributed by atoms with Gasteiger partial charge in [-0.25, -0.2) is 4.79 Å². The lowest BCUT2D eigenvalue weighted by Gasteiger charge is -2.69. The van der Waals surface area contributed by atoms with Gasteiger partial charge in [-0.15, -0.1) is 11.6 Å². The number of amides is 1. The maximum atomic E-state index is 12.1. The Morgan fingerprint density at radius 1 is 1.05 bits per heavy atom. The lowest BCUT2D eigenvalue weighted by atomic mass is 9.39. The second-order valence-electron chi connectivity index (χ2n) is 11.9. The lowest BCUT2D eigenvalue weighted by molar-refractivity contribution is -0.170. The van der Waals surface area contributed by atoms with Crippen molar-refractivity contribution in [1.82, 2.24) is 5.32 Å². The van der Waals surface area contributed by atoms with Gasteiger partial charge < -0.3 is 19.5 Å². The maximum absolute atomic E-state index is 12.1. The summed E-state index contributed by atoms with van der Waals surface area (Å²) in [4.78, 5) is 12.1. The molecule has 0 atom stereocenters. The smallest absolute Gasteiger partial charge is 0.408 e. The highest BCUT2D eigenvalue weighted by molar-refractivity contribution is 6.32. The molecule has 8 heteroatoms. The second kappa shape index (κ2) is 9.93. The van der Waals surface area contributed by atoms with Crippen molar-refractivity contribution >= 4 is 29.3 Å². The van der Waals surface area contributed by atoms with Crippen LogP contribution in [0.25, 0.3) is 0 Å². The molecule has 0 aromatic heterocycles. The van der Waals surface area contributed by atoms with E-state index in [1.807, 2.05) is 57.2 Å². The van der Waals surface area contributed by atoms with Crippen molar-refractivity contribution in [3.8, 4) is 17.6 Å². The normalized spacial score (nSPS) is 22.2. The van der Waals surface area contributed by atoms with Crippen LogP contribution in [-0.4, -0.2) is 36.3 Å². The van der Waals surface area contributed by atoms with Gasteiger partial charge >= 0.3 is 6.09 Å². The molecule has 0 radical (unpaired) electrons. The Kier molecular flexibility index (Phi) is 7.35. The van der Waals surface area contributed by atoms with Crippen LogP contribution in [0.1, 0.15) is 70.6 Å². The van der Waals surface area contributed by atoms with E-state index < -0.39 is 11.0 Å². The summed E-state index contributed by atoms with van der Waals surface area (Å²) in [6.07, 6.45) is 2.39. The van der Waals surface area contributed by atoms with Crippen LogP contribution in [0.2, 0.25) is 5.02 Å². The third-order valence-electron chi connectivity index (χ3n) is 7.24. The first-order valence-electron chi connectivity index (χ1n) is 12.5. The topological polar surface area (TPSA) is 80.6 Å². The first kappa shape index (κ1) is 27.4. The first-order valence-corrected chi connectivity index (χ1v) is 13.4. The number of nitrogens with one attached hydrogen (secondary N) is 1. The van der Waals surface area contributed by atoms with Crippen molar-refractivity contribution in [2.45, 2.75) is 70.4 Å². The molecule has 1 N–H and O–H groups in total. The molecule has 0 heterocycles. The fourth-order valence-electron chi connectivity index (χ4n) is 5.50. The number of benzene rings is 2. The molecule has 0 saturated heterocycles. The summed E-state index contributed by atoms with van der Waals surface area (Å²) >= 11 is 12.2. The molecule has 3 aliphatic rings. The number of nitriles is 1. The van der Waals surface area contributed by atoms with Gasteiger partial charge in [0, 0.05) is 16.4 Å². The van der Waals surface area contributed by atoms with Crippen LogP contribution in [0.3, 0.4) is 0 Å². The van der Waals surface area contributed by atoms with E-state index in [4.69, 9.17) is 37.4 Å². The number of carbonyl (C=O) groups excluding carboxylic acids is 1. The Balaban J connectivity index is 1.35. The van der Waals surface area contributed by atoms with Crippen LogP contribution in [0.5, 0.6) is 11.5 Å². The third-order valence-corrected chi connectivity index (χ3v) is 7.67. The fraction of sp³-hybridized carbons (Fsp3) is 0.517. The number of nitrogens with zero attached hydrogens (tertiary/aromatic N) is 1. The second-order valence-corrected chi connectivity index (χ2v) is 12.6. The number of hydrogen-bond donors (Lipinski definition) is 1. The zero-order valence-corrected chi connectivity index (χ0v) is 23.6. The van der Waals surface area contributed by atoms with Crippen molar-refractivity contribution in [1.29, 1.82) is 5.26 Å². The summed E-state index contributed by atoms with van der Waals surface area (Å²) in [5.41, 5.74) is 1.47. The molecule has 5 rings (SSSR count). The summed E-state index contributed by atoms with van der Waals surface area (Å²) < 4.78 is 17.1. The first-order chi connectivity index (χ1) is 17.3. The predicted octanol–water partition coefficient (Wildman–Crippen LogP) is 6.98. The number of ether oxygens (including phenoxy) is 3. The molecule has 0 spiro atoms. The summed E-state index contributed by atoms with van der Waals surface area (Å²) in [7, 11) is 0. The third kappa shape index (κ3) is 5.78. The van der Waals surface area contributed by atoms with Crippen LogP contribution in [0.4, 0.5) is 4.79 Å². The predicted molar refractivity (Wildman–Crippen MR) is 145 cm³/mol. The van der Waals surface area contributed by atoms with E-state index in [-0.39, 0.29) is 23.7 Å². The summed E-state index contributed by atoms with van der Waals surface area (Å²) in [5, 5.41) is 13.1. The van der Waals surface area contributed by atoms with Crippen molar-refractivity contribution < 1.29 is 19.0 Å². The molecule has 1 amide bonds. The van der Waals surface area contributed by atoms with Gasteiger partial charge in [0.25, 0.3) is 0 Å². The zero-order chi connectivity index (χ0) is 27.1. The summed E-state index contributed by atoms with van der Waals surface area (Å²) in [5.74, 6) is 1.48. The number of halogens is 2. The average Bonchev–Trinajstić information content (AvgIpc) is 2.77. The zero-order valence-electron chi connectivity index (χ0n) is 22.0. The van der Waals surface area contributed by atoms with Crippen LogP contribution < -0.4 is 14.8 Å². The molecule has 2 aromatic carbocycles. The fourth-order valence-corrected chi connectivity index (χ4v) is 5.85. The average molecular weight is 546 g/mol. The van der Waals surface area contributed by atoms with Crippen molar-refractivity contribution in [3.63, 3.8) is 0 Å². The van der Waals surface area contributed by atoms with Gasteiger partial charge in [0.05, 0.1) is 23.1 Å². The van der Waals surface area contributed by atoms with Gasteiger partial charge in [-0.2, -0.15) is 5.26 Å². The highest BCUT2D eigenvalue weighted by Gasteiger charge is 2.69. The van der Waals surface area contributed by atoms with E-state index in [0.29, 0.717) is 28.8 Å². The Labute approximate surface area is 229 Å². The van der Waals surface area contributed by atoms with Gasteiger partial charge in [0.2, 0.25) is 0 Å². The minimum atomic E-state index is -0.498. The quantitative estimate of drug-likeness (QED) is 0.344. The Hall–Kier alpha value is -2.62.